The molecule has 3 heteroatoms. The van der Waals surface area contributed by atoms with Crippen molar-refractivity contribution in [3.8, 4) is 0 Å². The second kappa shape index (κ2) is 4.66. The van der Waals surface area contributed by atoms with Gasteiger partial charge in [-0.05, 0) is 30.5 Å². The number of aromatic nitrogens is 2. The molecule has 0 spiro atoms. The van der Waals surface area contributed by atoms with E-state index >= 15 is 0 Å². The van der Waals surface area contributed by atoms with Crippen molar-refractivity contribution in [3.05, 3.63) is 51.8 Å². The molecule has 0 aliphatic rings. The summed E-state index contributed by atoms with van der Waals surface area (Å²) in [7, 11) is 0. The monoisotopic (exact) mass is 232 g/mol. The lowest BCUT2D eigenvalue weighted by atomic mass is 10.1. The smallest absolute Gasteiger partial charge is 0.122 e. The van der Waals surface area contributed by atoms with Crippen molar-refractivity contribution in [2.75, 3.05) is 0 Å². The number of H-pyrrole nitrogens is 1. The zero-order chi connectivity index (χ0) is 11.5. The first-order chi connectivity index (χ1) is 7.70. The molecule has 1 aromatic heterocycles. The Bertz CT molecular complexity index is 537. The minimum absolute atomic E-state index is 0.825. The Morgan fingerprint density at radius 1 is 1.31 bits per heavy atom. The highest BCUT2D eigenvalue weighted by Crippen LogP contribution is 2.10. The molecule has 0 fully saturated rings. The maximum atomic E-state index is 5.31. The molecule has 16 heavy (non-hydrogen) atoms. The minimum Gasteiger partial charge on any atom is -0.301 e. The fraction of sp³-hybridized carbons (Fsp3) is 0.308. The van der Waals surface area contributed by atoms with Gasteiger partial charge in [0, 0.05) is 5.69 Å². The molecule has 0 unspecified atom stereocenters. The molecule has 1 aromatic carbocycles. The van der Waals surface area contributed by atoms with Gasteiger partial charge in [0.25, 0.3) is 0 Å². The van der Waals surface area contributed by atoms with E-state index in [2.05, 4.69) is 43.2 Å². The number of hydrogen-bond donors (Lipinski definition) is 1. The van der Waals surface area contributed by atoms with Crippen LogP contribution >= 0.6 is 12.2 Å². The quantitative estimate of drug-likeness (QED) is 0.804. The zero-order valence-electron chi connectivity index (χ0n) is 9.66. The van der Waals surface area contributed by atoms with E-state index in [4.69, 9.17) is 12.2 Å². The molecule has 0 radical (unpaired) electrons. The van der Waals surface area contributed by atoms with Gasteiger partial charge in [-0.1, -0.05) is 43.4 Å². The topological polar surface area (TPSA) is 20.7 Å². The van der Waals surface area contributed by atoms with Crippen molar-refractivity contribution >= 4 is 12.2 Å². The van der Waals surface area contributed by atoms with Gasteiger partial charge in [0.1, 0.15) is 4.64 Å². The van der Waals surface area contributed by atoms with Crippen LogP contribution in [-0.2, 0) is 13.0 Å². The third-order valence-electron chi connectivity index (χ3n) is 2.81. The fourth-order valence-electron chi connectivity index (χ4n) is 1.74. The molecular formula is C13H16N2S. The minimum atomic E-state index is 0.825. The molecule has 0 saturated carbocycles. The summed E-state index contributed by atoms with van der Waals surface area (Å²) in [6.45, 7) is 5.08. The second-order valence-electron chi connectivity index (χ2n) is 3.99. The molecular weight excluding hydrogens is 216 g/mol. The number of nitrogens with one attached hydrogen (secondary N) is 1. The number of aryl methyl sites for hydroxylation is 2. The summed E-state index contributed by atoms with van der Waals surface area (Å²) in [5, 5.41) is 3.32. The highest BCUT2D eigenvalue weighted by Gasteiger charge is 2.01. The summed E-state index contributed by atoms with van der Waals surface area (Å²) >= 11 is 5.31. The first-order valence-electron chi connectivity index (χ1n) is 5.54. The van der Waals surface area contributed by atoms with Crippen molar-refractivity contribution in [2.45, 2.75) is 26.8 Å². The van der Waals surface area contributed by atoms with Crippen LogP contribution in [0, 0.1) is 11.6 Å². The van der Waals surface area contributed by atoms with Gasteiger partial charge in [0.05, 0.1) is 6.54 Å². The van der Waals surface area contributed by atoms with Gasteiger partial charge in [-0.15, -0.1) is 0 Å². The van der Waals surface area contributed by atoms with E-state index in [1.807, 2.05) is 10.7 Å². The SMILES string of the molecule is CCc1cc(=S)n(Cc2ccccc2C)[nH]1. The highest BCUT2D eigenvalue weighted by atomic mass is 32.1. The zero-order valence-corrected chi connectivity index (χ0v) is 10.5. The van der Waals surface area contributed by atoms with Crippen LogP contribution in [0.15, 0.2) is 30.3 Å². The Hall–Kier alpha value is -1.35. The highest BCUT2D eigenvalue weighted by molar-refractivity contribution is 7.71. The molecule has 2 rings (SSSR count). The Kier molecular flexibility index (Phi) is 3.25. The summed E-state index contributed by atoms with van der Waals surface area (Å²) in [4.78, 5) is 0. The maximum absolute atomic E-state index is 5.31. The van der Waals surface area contributed by atoms with E-state index in [-0.39, 0.29) is 0 Å². The Morgan fingerprint density at radius 3 is 2.69 bits per heavy atom. The van der Waals surface area contributed by atoms with Crippen LogP contribution in [0.3, 0.4) is 0 Å². The van der Waals surface area contributed by atoms with Crippen molar-refractivity contribution in [1.29, 1.82) is 0 Å². The summed E-state index contributed by atoms with van der Waals surface area (Å²) in [6, 6.07) is 10.4. The molecule has 0 saturated heterocycles. The van der Waals surface area contributed by atoms with E-state index in [0.29, 0.717) is 0 Å². The number of hydrogen-bond acceptors (Lipinski definition) is 1. The predicted octanol–water partition coefficient (Wildman–Crippen LogP) is 3.46. The van der Waals surface area contributed by atoms with Crippen molar-refractivity contribution in [2.24, 2.45) is 0 Å². The molecule has 0 aliphatic heterocycles. The Balaban J connectivity index is 2.30. The van der Waals surface area contributed by atoms with Crippen LogP contribution in [0.4, 0.5) is 0 Å². The second-order valence-corrected chi connectivity index (χ2v) is 4.40. The predicted molar refractivity (Wildman–Crippen MR) is 69.3 cm³/mol. The first-order valence-corrected chi connectivity index (χ1v) is 5.94. The summed E-state index contributed by atoms with van der Waals surface area (Å²) in [5.41, 5.74) is 3.80. The van der Waals surface area contributed by atoms with Gasteiger partial charge in [-0.25, -0.2) is 0 Å². The lowest BCUT2D eigenvalue weighted by molar-refractivity contribution is 0.663. The normalized spacial score (nSPS) is 10.6. The van der Waals surface area contributed by atoms with Crippen LogP contribution in [-0.4, -0.2) is 9.78 Å². The third-order valence-corrected chi connectivity index (χ3v) is 3.15. The molecule has 0 amide bonds. The van der Waals surface area contributed by atoms with Crippen LogP contribution < -0.4 is 0 Å². The Labute approximate surface area is 101 Å². The summed E-state index contributed by atoms with van der Waals surface area (Å²) < 4.78 is 2.90. The number of benzene rings is 1. The molecule has 0 atom stereocenters. The maximum Gasteiger partial charge on any atom is 0.122 e. The molecule has 84 valence electrons. The van der Waals surface area contributed by atoms with E-state index in [0.717, 1.165) is 17.6 Å². The van der Waals surface area contributed by atoms with Crippen molar-refractivity contribution in [3.63, 3.8) is 0 Å². The van der Waals surface area contributed by atoms with Gasteiger partial charge in [-0.3, -0.25) is 4.68 Å². The average Bonchev–Trinajstić information content (AvgIpc) is 2.63. The lowest BCUT2D eigenvalue weighted by Crippen LogP contribution is -2.03. The van der Waals surface area contributed by atoms with Crippen molar-refractivity contribution < 1.29 is 0 Å². The molecule has 0 bridgehead atoms. The summed E-state index contributed by atoms with van der Waals surface area (Å²) in [6.07, 6.45) is 0.990. The Morgan fingerprint density at radius 2 is 2.06 bits per heavy atom. The van der Waals surface area contributed by atoms with E-state index in [1.165, 1.54) is 16.8 Å². The van der Waals surface area contributed by atoms with Crippen molar-refractivity contribution in [1.82, 2.24) is 9.78 Å². The van der Waals surface area contributed by atoms with Crippen LogP contribution in [0.2, 0.25) is 0 Å². The molecule has 2 aromatic rings. The summed E-state index contributed by atoms with van der Waals surface area (Å²) in [5.74, 6) is 0. The van der Waals surface area contributed by atoms with Crippen LogP contribution in [0.25, 0.3) is 0 Å². The molecule has 2 nitrogen and oxygen atoms in total. The van der Waals surface area contributed by atoms with E-state index in [9.17, 15) is 0 Å². The molecule has 0 aliphatic carbocycles. The standard InChI is InChI=1S/C13H16N2S/c1-3-12-8-13(16)15(14-12)9-11-7-5-4-6-10(11)2/h4-8,14H,3,9H2,1-2H3. The number of aromatic amines is 1. The van der Waals surface area contributed by atoms with Gasteiger partial charge in [0.15, 0.2) is 0 Å². The van der Waals surface area contributed by atoms with Gasteiger partial charge < -0.3 is 5.10 Å². The average molecular weight is 232 g/mol. The van der Waals surface area contributed by atoms with Gasteiger partial charge >= 0.3 is 0 Å². The molecule has 1 N–H and O–H groups in total. The van der Waals surface area contributed by atoms with Crippen LogP contribution in [0.5, 0.6) is 0 Å². The van der Waals surface area contributed by atoms with Crippen LogP contribution in [0.1, 0.15) is 23.7 Å². The molecule has 1 heterocycles. The third kappa shape index (κ3) is 2.25. The fourth-order valence-corrected chi connectivity index (χ4v) is 2.00. The number of nitrogens with zero attached hydrogens (tertiary/aromatic N) is 1. The first kappa shape index (κ1) is 11.1. The van der Waals surface area contributed by atoms with E-state index in [1.54, 1.807) is 0 Å². The van der Waals surface area contributed by atoms with Gasteiger partial charge in [-0.2, -0.15) is 0 Å². The largest absolute Gasteiger partial charge is 0.301 e. The lowest BCUT2D eigenvalue weighted by Gasteiger charge is -2.06. The van der Waals surface area contributed by atoms with E-state index < -0.39 is 0 Å². The number of rotatable bonds is 3. The van der Waals surface area contributed by atoms with Gasteiger partial charge in [0.2, 0.25) is 0 Å².